The van der Waals surface area contributed by atoms with Gasteiger partial charge in [-0.2, -0.15) is 13.2 Å². The fraction of sp³-hybridized carbons (Fsp3) is 0.381. The topological polar surface area (TPSA) is 107 Å². The molecule has 1 fully saturated rings. The van der Waals surface area contributed by atoms with Crippen LogP contribution in [0.3, 0.4) is 0 Å². The summed E-state index contributed by atoms with van der Waals surface area (Å²) >= 11 is 0. The van der Waals surface area contributed by atoms with Crippen LogP contribution in [-0.2, 0) is 9.59 Å². The highest BCUT2D eigenvalue weighted by Gasteiger charge is 2.44. The maximum atomic E-state index is 14.6. The molecule has 14 heteroatoms. The van der Waals surface area contributed by atoms with Crippen molar-refractivity contribution < 1.29 is 36.3 Å². The predicted molar refractivity (Wildman–Crippen MR) is 112 cm³/mol. The van der Waals surface area contributed by atoms with Gasteiger partial charge in [-0.3, -0.25) is 19.4 Å². The number of alkyl halides is 3. The summed E-state index contributed by atoms with van der Waals surface area (Å²) < 4.78 is 67.7. The maximum absolute atomic E-state index is 14.6. The fourth-order valence-electron chi connectivity index (χ4n) is 3.90. The van der Waals surface area contributed by atoms with Crippen molar-refractivity contribution in [2.75, 3.05) is 18.0 Å². The quantitative estimate of drug-likeness (QED) is 0.479. The number of nitrogens with one attached hydrogen (secondary N) is 2. The van der Waals surface area contributed by atoms with Crippen molar-refractivity contribution in [3.8, 4) is 0 Å². The molecule has 4 heterocycles. The number of carbonyl (C=O) groups excluding carboxylic acids is 3. The summed E-state index contributed by atoms with van der Waals surface area (Å²) in [6, 6.07) is -2.13. The van der Waals surface area contributed by atoms with Crippen LogP contribution in [0.4, 0.5) is 32.6 Å². The van der Waals surface area contributed by atoms with Gasteiger partial charge < -0.3 is 10.6 Å². The van der Waals surface area contributed by atoms with E-state index in [1.165, 1.54) is 17.9 Å². The van der Waals surface area contributed by atoms with E-state index in [1.54, 1.807) is 5.32 Å². The number of rotatable bonds is 5. The number of allylic oxidation sites excluding steroid dienone is 1. The molecule has 3 amide bonds. The summed E-state index contributed by atoms with van der Waals surface area (Å²) in [5.74, 6) is -5.93. The molecule has 2 atom stereocenters. The smallest absolute Gasteiger partial charge is 0.340 e. The van der Waals surface area contributed by atoms with Crippen LogP contribution in [0.5, 0.6) is 0 Å². The van der Waals surface area contributed by atoms with Gasteiger partial charge in [0.25, 0.3) is 5.91 Å². The van der Waals surface area contributed by atoms with E-state index in [2.05, 4.69) is 15.3 Å². The lowest BCUT2D eigenvalue weighted by Gasteiger charge is -2.35. The lowest BCUT2D eigenvalue weighted by Crippen LogP contribution is -2.50. The summed E-state index contributed by atoms with van der Waals surface area (Å²) in [6.45, 7) is 1.85. The lowest BCUT2D eigenvalue weighted by molar-refractivity contribution is -0.161. The monoisotopic (exact) mass is 498 g/mol. The number of carbonyl (C=O) groups is 3. The van der Waals surface area contributed by atoms with Gasteiger partial charge in [-0.05, 0) is 18.9 Å². The molecule has 3 aliphatic heterocycles. The van der Waals surface area contributed by atoms with Crippen LogP contribution in [-0.4, -0.2) is 58.7 Å². The molecule has 0 saturated carbocycles. The van der Waals surface area contributed by atoms with Gasteiger partial charge in [0.15, 0.2) is 17.4 Å². The first-order valence-electron chi connectivity index (χ1n) is 10.6. The summed E-state index contributed by atoms with van der Waals surface area (Å²) in [4.78, 5) is 48.1. The van der Waals surface area contributed by atoms with E-state index in [4.69, 9.17) is 0 Å². The minimum Gasteiger partial charge on any atom is -0.340 e. The molecule has 1 aromatic heterocycles. The summed E-state index contributed by atoms with van der Waals surface area (Å²) in [6.07, 6.45) is -2.31. The third kappa shape index (κ3) is 4.59. The van der Waals surface area contributed by atoms with Gasteiger partial charge in [-0.25, -0.2) is 23.6 Å². The molecule has 1 saturated heterocycles. The molecule has 3 aliphatic rings. The number of hydrogen-bond donors (Lipinski definition) is 2. The molecule has 35 heavy (non-hydrogen) atoms. The van der Waals surface area contributed by atoms with Crippen molar-refractivity contribution in [1.82, 2.24) is 20.5 Å². The molecule has 4 rings (SSSR count). The molecular weight excluding hydrogens is 479 g/mol. The Bertz CT molecular complexity index is 1180. The number of fused-ring (bicyclic) bond motifs is 1. The summed E-state index contributed by atoms with van der Waals surface area (Å²) in [5, 5.41) is 4.38. The molecule has 9 nitrogen and oxygen atoms in total. The van der Waals surface area contributed by atoms with Crippen LogP contribution in [0.25, 0.3) is 0 Å². The molecule has 0 aromatic carbocycles. The van der Waals surface area contributed by atoms with E-state index >= 15 is 0 Å². The van der Waals surface area contributed by atoms with Gasteiger partial charge in [0, 0.05) is 25.4 Å². The second kappa shape index (κ2) is 9.07. The maximum Gasteiger partial charge on any atom is 0.408 e. The number of aromatic nitrogens is 1. The third-order valence-corrected chi connectivity index (χ3v) is 5.67. The van der Waals surface area contributed by atoms with Crippen LogP contribution in [0.1, 0.15) is 19.8 Å². The fourth-order valence-corrected chi connectivity index (χ4v) is 3.90. The highest BCUT2D eigenvalue weighted by atomic mass is 19.4. The van der Waals surface area contributed by atoms with E-state index < -0.39 is 65.3 Å². The second-order valence-corrected chi connectivity index (χ2v) is 7.92. The van der Waals surface area contributed by atoms with Gasteiger partial charge in [0.05, 0.1) is 17.7 Å². The number of amidine groups is 1. The normalized spacial score (nSPS) is 21.1. The Labute approximate surface area is 195 Å². The minimum atomic E-state index is -4.75. The Kier molecular flexibility index (Phi) is 6.30. The van der Waals surface area contributed by atoms with Crippen LogP contribution in [0.2, 0.25) is 0 Å². The highest BCUT2D eigenvalue weighted by Crippen LogP contribution is 2.33. The molecule has 186 valence electrons. The number of aliphatic imine (C=N–C) groups is 1. The van der Waals surface area contributed by atoms with Crippen LogP contribution in [0, 0.1) is 17.6 Å². The van der Waals surface area contributed by atoms with Gasteiger partial charge >= 0.3 is 12.2 Å². The van der Waals surface area contributed by atoms with Crippen molar-refractivity contribution in [2.45, 2.75) is 32.0 Å². The molecule has 0 radical (unpaired) electrons. The van der Waals surface area contributed by atoms with Gasteiger partial charge in [0.1, 0.15) is 23.5 Å². The zero-order valence-electron chi connectivity index (χ0n) is 18.2. The van der Waals surface area contributed by atoms with Crippen molar-refractivity contribution >= 4 is 29.4 Å². The number of hydrogen-bond acceptors (Lipinski definition) is 6. The average molecular weight is 498 g/mol. The second-order valence-electron chi connectivity index (χ2n) is 7.92. The number of anilines is 1. The number of Topliss-reactive ketones (excluding diaryl/α,β-unsaturated/α-hetero) is 1. The predicted octanol–water partition coefficient (Wildman–Crippen LogP) is 2.37. The van der Waals surface area contributed by atoms with Crippen LogP contribution < -0.4 is 15.5 Å². The largest absolute Gasteiger partial charge is 0.408 e. The number of urea groups is 1. The van der Waals surface area contributed by atoms with Crippen molar-refractivity contribution in [3.63, 3.8) is 0 Å². The summed E-state index contributed by atoms with van der Waals surface area (Å²) in [5.41, 5.74) is -0.669. The Morgan fingerprint density at radius 2 is 2.06 bits per heavy atom. The Morgan fingerprint density at radius 3 is 2.66 bits per heavy atom. The Hall–Kier alpha value is -3.84. The van der Waals surface area contributed by atoms with Crippen molar-refractivity contribution in [1.29, 1.82) is 0 Å². The zero-order valence-corrected chi connectivity index (χ0v) is 18.2. The van der Waals surface area contributed by atoms with Gasteiger partial charge in [-0.15, -0.1) is 0 Å². The van der Waals surface area contributed by atoms with Crippen LogP contribution in [0.15, 0.2) is 40.9 Å². The molecule has 0 bridgehead atoms. The van der Waals surface area contributed by atoms with Crippen molar-refractivity contribution in [2.24, 2.45) is 10.9 Å². The lowest BCUT2D eigenvalue weighted by atomic mass is 9.88. The Balaban J connectivity index is 1.77. The molecule has 0 aliphatic carbocycles. The van der Waals surface area contributed by atoms with Gasteiger partial charge in [0.2, 0.25) is 0 Å². The highest BCUT2D eigenvalue weighted by molar-refractivity contribution is 6.30. The van der Waals surface area contributed by atoms with E-state index in [-0.39, 0.29) is 24.6 Å². The standard InChI is InChI=1S/C21H19F5N6O3/c1-2-14(21(24,25)26)29-19(34)12-9-32(18-13(23)7-10(22)8-28-18)17-11(16(12)33)3-4-15(30-17)31-6-5-27-20(31)35/h4,7-9,11,14H,2-3,5-6H2,1H3,(H,27,35)(H,29,34)/t11?,14-/m0/s1. The SMILES string of the molecule is CC[C@H](NC(=O)C1=CN(c2ncc(F)cc2F)C2=NC(N3CCNC3=O)=CCC2C1=O)C(F)(F)F. The molecular formula is C21H19F5N6O3. The number of nitrogens with zero attached hydrogens (tertiary/aromatic N) is 4. The number of pyridine rings is 1. The minimum absolute atomic E-state index is 0.0722. The number of ketones is 1. The number of halogens is 5. The molecule has 1 aromatic rings. The van der Waals surface area contributed by atoms with Gasteiger partial charge in [-0.1, -0.05) is 6.92 Å². The molecule has 0 spiro atoms. The van der Waals surface area contributed by atoms with E-state index in [0.717, 1.165) is 11.1 Å². The first-order valence-corrected chi connectivity index (χ1v) is 10.6. The first kappa shape index (κ1) is 24.3. The number of amides is 3. The third-order valence-electron chi connectivity index (χ3n) is 5.67. The summed E-state index contributed by atoms with van der Waals surface area (Å²) in [7, 11) is 0. The van der Waals surface area contributed by atoms with E-state index in [1.807, 2.05) is 0 Å². The zero-order chi connectivity index (χ0) is 25.5. The van der Waals surface area contributed by atoms with E-state index in [0.29, 0.717) is 18.8 Å². The van der Waals surface area contributed by atoms with Crippen LogP contribution >= 0.6 is 0 Å². The first-order chi connectivity index (χ1) is 16.5. The Morgan fingerprint density at radius 1 is 1.31 bits per heavy atom. The molecule has 1 unspecified atom stereocenters. The molecule has 2 N–H and O–H groups in total. The van der Waals surface area contributed by atoms with Crippen molar-refractivity contribution in [3.05, 3.63) is 47.6 Å². The average Bonchev–Trinajstić information content (AvgIpc) is 3.23. The van der Waals surface area contributed by atoms with E-state index in [9.17, 15) is 36.3 Å².